The number of hydrogen-bond donors (Lipinski definition) is 0. The summed E-state index contributed by atoms with van der Waals surface area (Å²) in [5.41, 5.74) is 6.05. The molecule has 2 aromatic rings. The Bertz CT molecular complexity index is 717. The molecule has 5 rings (SSSR count). The highest BCUT2D eigenvalue weighted by atomic mass is 35.5. The first-order chi connectivity index (χ1) is 9.80. The molecule has 0 heterocycles. The number of hydrogen-bond acceptors (Lipinski definition) is 0. The van der Waals surface area contributed by atoms with Crippen LogP contribution in [0.5, 0.6) is 0 Å². The summed E-state index contributed by atoms with van der Waals surface area (Å²) in [6, 6.07) is 15.5. The van der Waals surface area contributed by atoms with E-state index in [1.165, 1.54) is 42.4 Å². The summed E-state index contributed by atoms with van der Waals surface area (Å²) in [4.78, 5) is 0. The van der Waals surface area contributed by atoms with Crippen LogP contribution in [-0.2, 0) is 5.41 Å². The maximum Gasteiger partial charge on any atom is 0.0487 e. The predicted molar refractivity (Wildman–Crippen MR) is 83.1 cm³/mol. The SMILES string of the molecule is Clc1cccc2c1-c1ccccc1C21CC2CCC1C2. The second-order valence-corrected chi connectivity index (χ2v) is 7.17. The lowest BCUT2D eigenvalue weighted by atomic mass is 9.67. The second-order valence-electron chi connectivity index (χ2n) is 6.76. The van der Waals surface area contributed by atoms with Crippen molar-refractivity contribution in [3.63, 3.8) is 0 Å². The van der Waals surface area contributed by atoms with Crippen LogP contribution in [0.1, 0.15) is 36.8 Å². The molecule has 0 aromatic heterocycles. The van der Waals surface area contributed by atoms with Crippen molar-refractivity contribution in [3.8, 4) is 11.1 Å². The molecule has 2 saturated carbocycles. The van der Waals surface area contributed by atoms with Crippen molar-refractivity contribution < 1.29 is 0 Å². The van der Waals surface area contributed by atoms with Gasteiger partial charge in [-0.25, -0.2) is 0 Å². The van der Waals surface area contributed by atoms with E-state index >= 15 is 0 Å². The Hall–Kier alpha value is -1.27. The molecule has 3 aliphatic rings. The molecule has 0 nitrogen and oxygen atoms in total. The first kappa shape index (κ1) is 11.4. The molecule has 0 amide bonds. The van der Waals surface area contributed by atoms with Crippen LogP contribution >= 0.6 is 11.6 Å². The van der Waals surface area contributed by atoms with Gasteiger partial charge in [-0.3, -0.25) is 0 Å². The van der Waals surface area contributed by atoms with Gasteiger partial charge in [-0.1, -0.05) is 54.4 Å². The van der Waals surface area contributed by atoms with Crippen LogP contribution in [-0.4, -0.2) is 0 Å². The number of benzene rings is 2. The Labute approximate surface area is 124 Å². The fourth-order valence-electron chi connectivity index (χ4n) is 5.39. The molecule has 3 aliphatic carbocycles. The molecule has 2 fully saturated rings. The van der Waals surface area contributed by atoms with Gasteiger partial charge < -0.3 is 0 Å². The lowest BCUT2D eigenvalue weighted by Crippen LogP contribution is -2.31. The summed E-state index contributed by atoms with van der Waals surface area (Å²) >= 11 is 6.56. The number of halogens is 1. The maximum absolute atomic E-state index is 6.56. The molecule has 0 aliphatic heterocycles. The molecular weight excluding hydrogens is 264 g/mol. The van der Waals surface area contributed by atoms with E-state index in [1.54, 1.807) is 5.56 Å². The van der Waals surface area contributed by atoms with Gasteiger partial charge in [-0.05, 0) is 53.9 Å². The minimum absolute atomic E-state index is 0.278. The fraction of sp³-hybridized carbons (Fsp3) is 0.368. The normalized spacial score (nSPS) is 32.6. The van der Waals surface area contributed by atoms with Gasteiger partial charge in [0, 0.05) is 16.0 Å². The highest BCUT2D eigenvalue weighted by Crippen LogP contribution is 2.66. The van der Waals surface area contributed by atoms with Crippen molar-refractivity contribution in [2.75, 3.05) is 0 Å². The molecule has 0 N–H and O–H groups in total. The third-order valence-corrected chi connectivity index (χ3v) is 6.34. The molecule has 100 valence electrons. The Morgan fingerprint density at radius 3 is 2.60 bits per heavy atom. The Kier molecular flexibility index (Phi) is 2.10. The van der Waals surface area contributed by atoms with Gasteiger partial charge in [0.05, 0.1) is 0 Å². The van der Waals surface area contributed by atoms with Gasteiger partial charge in [0.15, 0.2) is 0 Å². The van der Waals surface area contributed by atoms with Gasteiger partial charge in [-0.15, -0.1) is 0 Å². The molecule has 2 aromatic carbocycles. The summed E-state index contributed by atoms with van der Waals surface area (Å²) in [6.45, 7) is 0. The largest absolute Gasteiger partial charge is 0.0837 e. The zero-order valence-corrected chi connectivity index (χ0v) is 12.2. The molecule has 3 atom stereocenters. The molecule has 1 heteroatoms. The highest BCUT2D eigenvalue weighted by molar-refractivity contribution is 6.33. The van der Waals surface area contributed by atoms with Gasteiger partial charge >= 0.3 is 0 Å². The van der Waals surface area contributed by atoms with E-state index < -0.39 is 0 Å². The second kappa shape index (κ2) is 3.68. The van der Waals surface area contributed by atoms with E-state index in [-0.39, 0.29) is 5.41 Å². The summed E-state index contributed by atoms with van der Waals surface area (Å²) in [5.74, 6) is 1.76. The van der Waals surface area contributed by atoms with Crippen LogP contribution < -0.4 is 0 Å². The van der Waals surface area contributed by atoms with E-state index in [0.29, 0.717) is 0 Å². The predicted octanol–water partition coefficient (Wildman–Crippen LogP) is 5.43. The van der Waals surface area contributed by atoms with Crippen LogP contribution in [0.3, 0.4) is 0 Å². The zero-order valence-electron chi connectivity index (χ0n) is 11.4. The van der Waals surface area contributed by atoms with Gasteiger partial charge in [0.2, 0.25) is 0 Å². The average molecular weight is 281 g/mol. The maximum atomic E-state index is 6.56. The van der Waals surface area contributed by atoms with Crippen LogP contribution in [0.2, 0.25) is 5.02 Å². The summed E-state index contributed by atoms with van der Waals surface area (Å²) in [7, 11) is 0. The molecule has 0 saturated heterocycles. The van der Waals surface area contributed by atoms with E-state index in [0.717, 1.165) is 16.9 Å². The molecule has 0 radical (unpaired) electrons. The van der Waals surface area contributed by atoms with E-state index in [4.69, 9.17) is 11.6 Å². The monoisotopic (exact) mass is 280 g/mol. The minimum Gasteiger partial charge on any atom is -0.0837 e. The average Bonchev–Trinajstić information content (AvgIpc) is 3.14. The van der Waals surface area contributed by atoms with Crippen LogP contribution in [0, 0.1) is 11.8 Å². The molecule has 20 heavy (non-hydrogen) atoms. The van der Waals surface area contributed by atoms with Crippen molar-refractivity contribution in [1.82, 2.24) is 0 Å². The van der Waals surface area contributed by atoms with Crippen molar-refractivity contribution >= 4 is 11.6 Å². The van der Waals surface area contributed by atoms with Crippen molar-refractivity contribution in [1.29, 1.82) is 0 Å². The van der Waals surface area contributed by atoms with E-state index in [1.807, 2.05) is 6.07 Å². The molecule has 3 unspecified atom stereocenters. The van der Waals surface area contributed by atoms with Gasteiger partial charge in [-0.2, -0.15) is 0 Å². The number of rotatable bonds is 0. The fourth-order valence-corrected chi connectivity index (χ4v) is 5.67. The third kappa shape index (κ3) is 1.16. The Morgan fingerprint density at radius 2 is 1.80 bits per heavy atom. The Morgan fingerprint density at radius 1 is 0.950 bits per heavy atom. The van der Waals surface area contributed by atoms with Crippen molar-refractivity contribution in [2.24, 2.45) is 11.8 Å². The molecule has 2 bridgehead atoms. The van der Waals surface area contributed by atoms with Gasteiger partial charge in [0.1, 0.15) is 0 Å². The van der Waals surface area contributed by atoms with Crippen LogP contribution in [0.15, 0.2) is 42.5 Å². The smallest absolute Gasteiger partial charge is 0.0487 e. The zero-order chi connectivity index (χ0) is 13.3. The van der Waals surface area contributed by atoms with Crippen LogP contribution in [0.25, 0.3) is 11.1 Å². The Balaban J connectivity index is 1.89. The first-order valence-corrected chi connectivity index (χ1v) is 8.07. The lowest BCUT2D eigenvalue weighted by molar-refractivity contribution is 0.327. The van der Waals surface area contributed by atoms with Gasteiger partial charge in [0.25, 0.3) is 0 Å². The minimum atomic E-state index is 0.278. The van der Waals surface area contributed by atoms with Crippen molar-refractivity contribution in [2.45, 2.75) is 31.1 Å². The van der Waals surface area contributed by atoms with E-state index in [2.05, 4.69) is 36.4 Å². The lowest BCUT2D eigenvalue weighted by Gasteiger charge is -2.36. The summed E-state index contributed by atoms with van der Waals surface area (Å²) in [5, 5.41) is 0.926. The third-order valence-electron chi connectivity index (χ3n) is 6.02. The highest BCUT2D eigenvalue weighted by Gasteiger charge is 2.56. The van der Waals surface area contributed by atoms with E-state index in [9.17, 15) is 0 Å². The quantitative estimate of drug-likeness (QED) is 0.604. The molecular formula is C19H17Cl. The summed E-state index contributed by atoms with van der Waals surface area (Å²) in [6.07, 6.45) is 5.58. The topological polar surface area (TPSA) is 0 Å². The number of fused-ring (bicyclic) bond motifs is 8. The van der Waals surface area contributed by atoms with Crippen LogP contribution in [0.4, 0.5) is 0 Å². The molecule has 1 spiro atoms. The standard InChI is InChI=1S/C19H17Cl/c20-17-7-3-6-16-18(17)14-4-1-2-5-15(14)19(16)11-12-8-9-13(19)10-12/h1-7,12-13H,8-11H2. The first-order valence-electron chi connectivity index (χ1n) is 7.69. The summed E-state index contributed by atoms with van der Waals surface area (Å²) < 4.78 is 0. The van der Waals surface area contributed by atoms with Crippen molar-refractivity contribution in [3.05, 3.63) is 58.6 Å².